The van der Waals surface area contributed by atoms with E-state index in [1.54, 1.807) is 7.11 Å². The third kappa shape index (κ3) is 4.38. The largest absolute Gasteiger partial charge is 0.497 e. The second-order valence-electron chi connectivity index (χ2n) is 5.21. The molecule has 1 aromatic carbocycles. The normalized spacial score (nSPS) is 10.8. The Balaban J connectivity index is 1.46. The van der Waals surface area contributed by atoms with E-state index in [9.17, 15) is 9.59 Å². The molecule has 1 amide bonds. The summed E-state index contributed by atoms with van der Waals surface area (Å²) < 4.78 is 5.11. The first-order chi connectivity index (χ1) is 12.2. The van der Waals surface area contributed by atoms with Crippen LogP contribution in [0.15, 0.2) is 40.5 Å². The molecule has 0 atom stereocenters. The quantitative estimate of drug-likeness (QED) is 0.430. The molecular weight excluding hydrogens is 342 g/mol. The van der Waals surface area contributed by atoms with Crippen LogP contribution in [0.2, 0.25) is 0 Å². The Morgan fingerprint density at radius 2 is 2.12 bits per heavy atom. The van der Waals surface area contributed by atoms with Gasteiger partial charge in [-0.05, 0) is 24.1 Å². The van der Waals surface area contributed by atoms with Crippen LogP contribution >= 0.6 is 11.8 Å². The first-order valence-corrected chi connectivity index (χ1v) is 8.60. The molecule has 8 nitrogen and oxygen atoms in total. The highest BCUT2D eigenvalue weighted by molar-refractivity contribution is 7.99. The van der Waals surface area contributed by atoms with E-state index in [1.165, 1.54) is 6.33 Å². The third-order valence-corrected chi connectivity index (χ3v) is 4.38. The smallest absolute Gasteiger partial charge is 0.277 e. The average Bonchev–Trinajstić information content (AvgIpc) is 3.10. The molecule has 0 aliphatic heterocycles. The molecule has 25 heavy (non-hydrogen) atoms. The van der Waals surface area contributed by atoms with Gasteiger partial charge in [0, 0.05) is 6.54 Å². The summed E-state index contributed by atoms with van der Waals surface area (Å²) in [5, 5.41) is 3.21. The first kappa shape index (κ1) is 17.0. The zero-order valence-electron chi connectivity index (χ0n) is 13.5. The van der Waals surface area contributed by atoms with Crippen molar-refractivity contribution in [3.8, 4) is 5.75 Å². The minimum atomic E-state index is -0.301. The number of hydrogen-bond donors (Lipinski definition) is 3. The molecule has 0 unspecified atom stereocenters. The summed E-state index contributed by atoms with van der Waals surface area (Å²) in [7, 11) is 1.62. The fourth-order valence-electron chi connectivity index (χ4n) is 2.21. The predicted molar refractivity (Wildman–Crippen MR) is 94.9 cm³/mol. The molecular formula is C16H17N5O3S. The second kappa shape index (κ2) is 7.84. The number of amides is 1. The number of aromatic nitrogens is 4. The molecule has 0 fully saturated rings. The number of benzene rings is 1. The van der Waals surface area contributed by atoms with Crippen molar-refractivity contribution in [2.45, 2.75) is 11.6 Å². The summed E-state index contributed by atoms with van der Waals surface area (Å²) in [6, 6.07) is 7.71. The lowest BCUT2D eigenvalue weighted by Crippen LogP contribution is -2.27. The summed E-state index contributed by atoms with van der Waals surface area (Å²) >= 11 is 1.16. The van der Waals surface area contributed by atoms with Crippen LogP contribution in [0.25, 0.3) is 11.2 Å². The number of thioether (sulfide) groups is 1. The number of carbonyl (C=O) groups is 1. The molecule has 0 saturated heterocycles. The Labute approximate surface area is 147 Å². The van der Waals surface area contributed by atoms with Crippen molar-refractivity contribution in [2.24, 2.45) is 0 Å². The van der Waals surface area contributed by atoms with Crippen LogP contribution in [0.1, 0.15) is 5.56 Å². The highest BCUT2D eigenvalue weighted by Crippen LogP contribution is 2.13. The van der Waals surface area contributed by atoms with Crippen molar-refractivity contribution in [2.75, 3.05) is 19.4 Å². The van der Waals surface area contributed by atoms with E-state index >= 15 is 0 Å². The summed E-state index contributed by atoms with van der Waals surface area (Å²) in [6.07, 6.45) is 2.14. The minimum Gasteiger partial charge on any atom is -0.497 e. The van der Waals surface area contributed by atoms with Crippen molar-refractivity contribution >= 4 is 28.8 Å². The molecule has 2 heterocycles. The molecule has 2 aromatic heterocycles. The first-order valence-electron chi connectivity index (χ1n) is 7.61. The molecule has 3 rings (SSSR count). The molecule has 0 aliphatic carbocycles. The van der Waals surface area contributed by atoms with Gasteiger partial charge >= 0.3 is 0 Å². The van der Waals surface area contributed by atoms with Gasteiger partial charge in [0.05, 0.1) is 19.2 Å². The van der Waals surface area contributed by atoms with E-state index in [-0.39, 0.29) is 17.2 Å². The molecule has 130 valence electrons. The maximum absolute atomic E-state index is 11.9. The van der Waals surface area contributed by atoms with Crippen molar-refractivity contribution in [1.29, 1.82) is 0 Å². The molecule has 0 radical (unpaired) electrons. The Hall–Kier alpha value is -2.81. The van der Waals surface area contributed by atoms with Crippen molar-refractivity contribution in [3.63, 3.8) is 0 Å². The van der Waals surface area contributed by atoms with Crippen LogP contribution in [0, 0.1) is 0 Å². The van der Waals surface area contributed by atoms with Gasteiger partial charge in [0.2, 0.25) is 5.91 Å². The number of H-pyrrole nitrogens is 2. The van der Waals surface area contributed by atoms with Gasteiger partial charge in [-0.1, -0.05) is 23.9 Å². The number of nitrogens with one attached hydrogen (secondary N) is 3. The van der Waals surface area contributed by atoms with Crippen molar-refractivity contribution < 1.29 is 9.53 Å². The van der Waals surface area contributed by atoms with Crippen LogP contribution in [0.4, 0.5) is 0 Å². The number of aromatic amines is 2. The second-order valence-corrected chi connectivity index (χ2v) is 6.17. The number of ether oxygens (including phenoxy) is 1. The molecule has 0 bridgehead atoms. The predicted octanol–water partition coefficient (Wildman–Crippen LogP) is 1.11. The Bertz CT molecular complexity index is 919. The van der Waals surface area contributed by atoms with Crippen molar-refractivity contribution in [3.05, 3.63) is 46.5 Å². The summed E-state index contributed by atoms with van der Waals surface area (Å²) in [6.45, 7) is 0.536. The van der Waals surface area contributed by atoms with E-state index < -0.39 is 0 Å². The number of imidazole rings is 1. The van der Waals surface area contributed by atoms with E-state index in [0.717, 1.165) is 29.5 Å². The van der Waals surface area contributed by atoms with Gasteiger partial charge in [-0.15, -0.1) is 0 Å². The molecule has 3 N–H and O–H groups in total. The molecule has 0 aliphatic rings. The summed E-state index contributed by atoms with van der Waals surface area (Å²) in [4.78, 5) is 37.2. The topological polar surface area (TPSA) is 113 Å². The van der Waals surface area contributed by atoms with Crippen LogP contribution in [-0.2, 0) is 11.2 Å². The Kier molecular flexibility index (Phi) is 5.34. The van der Waals surface area contributed by atoms with Crippen LogP contribution in [0.5, 0.6) is 5.75 Å². The Morgan fingerprint density at radius 3 is 2.88 bits per heavy atom. The fourth-order valence-corrected chi connectivity index (χ4v) is 2.90. The monoisotopic (exact) mass is 359 g/mol. The average molecular weight is 359 g/mol. The van der Waals surface area contributed by atoms with Gasteiger partial charge in [-0.3, -0.25) is 14.6 Å². The van der Waals surface area contributed by atoms with Gasteiger partial charge in [0.15, 0.2) is 16.3 Å². The van der Waals surface area contributed by atoms with Crippen LogP contribution in [0.3, 0.4) is 0 Å². The van der Waals surface area contributed by atoms with E-state index in [0.29, 0.717) is 22.9 Å². The number of fused-ring (bicyclic) bond motifs is 1. The van der Waals surface area contributed by atoms with Gasteiger partial charge in [0.25, 0.3) is 5.56 Å². The highest BCUT2D eigenvalue weighted by atomic mass is 32.2. The third-order valence-electron chi connectivity index (χ3n) is 3.51. The van der Waals surface area contributed by atoms with Gasteiger partial charge in [-0.25, -0.2) is 9.97 Å². The van der Waals surface area contributed by atoms with Crippen molar-refractivity contribution in [1.82, 2.24) is 25.3 Å². The van der Waals surface area contributed by atoms with Gasteiger partial charge in [0.1, 0.15) is 5.75 Å². The summed E-state index contributed by atoms with van der Waals surface area (Å²) in [5.41, 5.74) is 1.48. The Morgan fingerprint density at radius 1 is 1.32 bits per heavy atom. The van der Waals surface area contributed by atoms with Crippen LogP contribution < -0.4 is 15.6 Å². The maximum atomic E-state index is 11.9. The zero-order valence-corrected chi connectivity index (χ0v) is 14.4. The lowest BCUT2D eigenvalue weighted by atomic mass is 10.1. The molecule has 0 spiro atoms. The molecule has 0 saturated carbocycles. The molecule has 9 heteroatoms. The lowest BCUT2D eigenvalue weighted by Gasteiger charge is -2.06. The number of carbonyl (C=O) groups excluding carboxylic acids is 1. The van der Waals surface area contributed by atoms with E-state index in [4.69, 9.17) is 4.74 Å². The zero-order chi connectivity index (χ0) is 17.6. The van der Waals surface area contributed by atoms with Gasteiger partial charge < -0.3 is 15.0 Å². The fraction of sp³-hybridized carbons (Fsp3) is 0.250. The summed E-state index contributed by atoms with van der Waals surface area (Å²) in [5.74, 6) is 0.851. The number of rotatable bonds is 7. The van der Waals surface area contributed by atoms with E-state index in [1.807, 2.05) is 24.3 Å². The van der Waals surface area contributed by atoms with Crippen LogP contribution in [-0.4, -0.2) is 45.3 Å². The molecule has 3 aromatic rings. The number of nitrogens with zero attached hydrogens (tertiary/aromatic N) is 2. The van der Waals surface area contributed by atoms with Gasteiger partial charge in [-0.2, -0.15) is 0 Å². The maximum Gasteiger partial charge on any atom is 0.277 e. The van der Waals surface area contributed by atoms with E-state index in [2.05, 4.69) is 25.3 Å². The number of hydrogen-bond acceptors (Lipinski definition) is 6. The SMILES string of the molecule is COc1ccc(CCNC(=O)CSc2nc3nc[nH]c3c(=O)[nH]2)cc1. The standard InChI is InChI=1S/C16H17N5O3S/c1-24-11-4-2-10(3-5-11)6-7-17-12(22)8-25-16-20-14-13(15(23)21-16)18-9-19-14/h2-5,9H,6-8H2,1H3,(H,17,22)(H2,18,19,20,21,23). The number of methoxy groups -OCH3 is 1. The highest BCUT2D eigenvalue weighted by Gasteiger charge is 2.08. The minimum absolute atomic E-state index is 0.122. The lowest BCUT2D eigenvalue weighted by molar-refractivity contribution is -0.118.